The van der Waals surface area contributed by atoms with Crippen molar-refractivity contribution in [1.82, 2.24) is 9.96 Å². The Balaban J connectivity index is 1.68. The molecule has 1 saturated heterocycles. The lowest BCUT2D eigenvalue weighted by atomic mass is 9.72. The van der Waals surface area contributed by atoms with Crippen LogP contribution < -0.4 is 4.74 Å². The number of carbonyl (C=O) groups excluding carboxylic acids is 3. The van der Waals surface area contributed by atoms with E-state index >= 15 is 0 Å². The first kappa shape index (κ1) is 38.6. The van der Waals surface area contributed by atoms with Crippen molar-refractivity contribution in [2.24, 2.45) is 5.92 Å². The standard InChI is InChI=1S/C40H54N2O7Si/c1-26(2)40(8,9)32-22-21-30(27(3)28(32)4)36(43)42(49-50)33-24-41(38(45)48-39(5,6)7)23-15-20-35(33)47-37(44)31-18-13-14-19-34(31)46-25-29-16-11-10-12-17-29/h10-14,16-19,21-22,26,33,35H,15,20,23-25H2,1-9,50H3/t33-,35-/m1/s1. The van der Waals surface area contributed by atoms with Crippen molar-refractivity contribution in [1.29, 1.82) is 0 Å². The zero-order valence-electron chi connectivity index (χ0n) is 31.4. The van der Waals surface area contributed by atoms with Gasteiger partial charge < -0.3 is 23.6 Å². The van der Waals surface area contributed by atoms with E-state index in [-0.39, 0.29) is 40.5 Å². The third-order valence-corrected chi connectivity index (χ3v) is 10.3. The first-order valence-electron chi connectivity index (χ1n) is 17.5. The summed E-state index contributed by atoms with van der Waals surface area (Å²) in [6, 6.07) is 19.8. The summed E-state index contributed by atoms with van der Waals surface area (Å²) in [7, 11) is 0.184. The molecule has 0 aliphatic carbocycles. The smallest absolute Gasteiger partial charge is 0.410 e. The Morgan fingerprint density at radius 1 is 0.900 bits per heavy atom. The van der Waals surface area contributed by atoms with Crippen LogP contribution in [0.4, 0.5) is 4.79 Å². The summed E-state index contributed by atoms with van der Waals surface area (Å²) >= 11 is 0. The zero-order chi connectivity index (χ0) is 36.8. The van der Waals surface area contributed by atoms with Crippen LogP contribution in [-0.4, -0.2) is 69.3 Å². The van der Waals surface area contributed by atoms with Gasteiger partial charge in [-0.15, -0.1) is 0 Å². The van der Waals surface area contributed by atoms with E-state index in [1.165, 1.54) is 10.6 Å². The lowest BCUT2D eigenvalue weighted by molar-refractivity contribution is -0.0992. The van der Waals surface area contributed by atoms with Crippen LogP contribution in [0.15, 0.2) is 66.7 Å². The summed E-state index contributed by atoms with van der Waals surface area (Å²) < 4.78 is 24.0. The molecule has 1 heterocycles. The number of para-hydroxylation sites is 1. The maximum Gasteiger partial charge on any atom is 0.410 e. The lowest BCUT2D eigenvalue weighted by Crippen LogP contribution is -2.53. The van der Waals surface area contributed by atoms with Gasteiger partial charge >= 0.3 is 12.1 Å². The summed E-state index contributed by atoms with van der Waals surface area (Å²) in [4.78, 5) is 43.3. The SMILES string of the molecule is Cc1c(C(=O)N(O[SiH3])[C@@H]2CN(C(=O)OC(C)(C)C)CCC[C@H]2OC(=O)c2ccccc2OCc2ccccc2)ccc(C(C)(C)C(C)C)c1C. The van der Waals surface area contributed by atoms with Crippen molar-refractivity contribution in [3.63, 3.8) is 0 Å². The molecular formula is C40H54N2O7Si. The average molecular weight is 703 g/mol. The molecule has 3 aromatic carbocycles. The molecule has 0 N–H and O–H groups in total. The molecule has 4 rings (SSSR count). The maximum atomic E-state index is 14.5. The van der Waals surface area contributed by atoms with Gasteiger partial charge in [0.1, 0.15) is 35.7 Å². The Hall–Kier alpha value is -4.15. The Morgan fingerprint density at radius 2 is 1.56 bits per heavy atom. The second kappa shape index (κ2) is 16.2. The summed E-state index contributed by atoms with van der Waals surface area (Å²) in [6.07, 6.45) is -0.352. The number of esters is 1. The second-order valence-electron chi connectivity index (χ2n) is 15.0. The minimum Gasteiger partial charge on any atom is -0.488 e. The Bertz CT molecular complexity index is 1650. The van der Waals surface area contributed by atoms with Crippen molar-refractivity contribution in [2.45, 2.75) is 105 Å². The minimum absolute atomic E-state index is 0.0590. The molecular weight excluding hydrogens is 649 g/mol. The molecule has 9 nitrogen and oxygen atoms in total. The van der Waals surface area contributed by atoms with Gasteiger partial charge in [0.2, 0.25) is 0 Å². The summed E-state index contributed by atoms with van der Waals surface area (Å²) in [6.45, 7) is 19.0. The first-order valence-corrected chi connectivity index (χ1v) is 18.3. The molecule has 0 aromatic heterocycles. The number of likely N-dealkylation sites (tertiary alicyclic amines) is 1. The van der Waals surface area contributed by atoms with E-state index in [0.717, 1.165) is 16.7 Å². The van der Waals surface area contributed by atoms with Crippen LogP contribution in [0.25, 0.3) is 0 Å². The normalized spacial score (nSPS) is 16.9. The van der Waals surface area contributed by atoms with Gasteiger partial charge in [0.25, 0.3) is 5.91 Å². The number of rotatable bonds is 10. The molecule has 0 radical (unpaired) electrons. The van der Waals surface area contributed by atoms with Crippen LogP contribution >= 0.6 is 0 Å². The van der Waals surface area contributed by atoms with Gasteiger partial charge in [-0.3, -0.25) is 4.79 Å². The number of benzene rings is 3. The topological polar surface area (TPSA) is 94.6 Å². The molecule has 0 bridgehead atoms. The van der Waals surface area contributed by atoms with Crippen LogP contribution in [0.3, 0.4) is 0 Å². The number of amides is 2. The van der Waals surface area contributed by atoms with E-state index in [1.54, 1.807) is 29.2 Å². The minimum atomic E-state index is -0.803. The third kappa shape index (κ3) is 9.14. The average Bonchev–Trinajstić information content (AvgIpc) is 3.27. The molecule has 1 aliphatic rings. The fraction of sp³-hybridized carbons (Fsp3) is 0.475. The highest BCUT2D eigenvalue weighted by molar-refractivity contribution is 6.01. The van der Waals surface area contributed by atoms with Gasteiger partial charge in [0.15, 0.2) is 10.5 Å². The van der Waals surface area contributed by atoms with E-state index in [1.807, 2.05) is 70.2 Å². The molecule has 10 heteroatoms. The monoisotopic (exact) mass is 702 g/mol. The highest BCUT2D eigenvalue weighted by Gasteiger charge is 2.41. The second-order valence-corrected chi connectivity index (χ2v) is 15.3. The van der Waals surface area contributed by atoms with E-state index in [4.69, 9.17) is 18.7 Å². The molecule has 0 spiro atoms. The summed E-state index contributed by atoms with van der Waals surface area (Å²) in [5.41, 5.74) is 4.03. The zero-order valence-corrected chi connectivity index (χ0v) is 33.4. The number of ether oxygens (including phenoxy) is 3. The number of hydrogen-bond donors (Lipinski definition) is 0. The fourth-order valence-corrected chi connectivity index (χ4v) is 6.65. The van der Waals surface area contributed by atoms with Crippen molar-refractivity contribution in [3.8, 4) is 5.75 Å². The van der Waals surface area contributed by atoms with Crippen molar-refractivity contribution < 1.29 is 33.1 Å². The van der Waals surface area contributed by atoms with Gasteiger partial charge in [0, 0.05) is 12.1 Å². The van der Waals surface area contributed by atoms with Crippen LogP contribution in [0.1, 0.15) is 104 Å². The molecule has 0 unspecified atom stereocenters. The van der Waals surface area contributed by atoms with Gasteiger partial charge in [0.05, 0.1) is 6.54 Å². The molecule has 50 heavy (non-hydrogen) atoms. The highest BCUT2D eigenvalue weighted by Crippen LogP contribution is 2.36. The van der Waals surface area contributed by atoms with Crippen LogP contribution in [0.5, 0.6) is 5.75 Å². The molecule has 3 aromatic rings. The number of hydrogen-bond acceptors (Lipinski definition) is 7. The number of carbonyl (C=O) groups is 3. The van der Waals surface area contributed by atoms with Crippen molar-refractivity contribution >= 4 is 28.5 Å². The van der Waals surface area contributed by atoms with E-state index < -0.39 is 29.8 Å². The molecule has 2 atom stereocenters. The molecule has 0 saturated carbocycles. The highest BCUT2D eigenvalue weighted by atomic mass is 28.2. The Kier molecular flexibility index (Phi) is 12.6. The number of nitrogens with zero attached hydrogens (tertiary/aromatic N) is 2. The predicted octanol–water partition coefficient (Wildman–Crippen LogP) is 7.10. The van der Waals surface area contributed by atoms with Crippen LogP contribution in [0.2, 0.25) is 0 Å². The lowest BCUT2D eigenvalue weighted by Gasteiger charge is -2.37. The predicted molar refractivity (Wildman–Crippen MR) is 198 cm³/mol. The quantitative estimate of drug-likeness (QED) is 0.126. The summed E-state index contributed by atoms with van der Waals surface area (Å²) in [5, 5.41) is 1.32. The van der Waals surface area contributed by atoms with E-state index in [2.05, 4.69) is 34.6 Å². The van der Waals surface area contributed by atoms with Gasteiger partial charge in [-0.25, -0.2) is 14.7 Å². The van der Waals surface area contributed by atoms with Crippen molar-refractivity contribution in [2.75, 3.05) is 13.1 Å². The first-order chi connectivity index (χ1) is 23.5. The van der Waals surface area contributed by atoms with E-state index in [9.17, 15) is 14.4 Å². The maximum absolute atomic E-state index is 14.5. The van der Waals surface area contributed by atoms with Gasteiger partial charge in [-0.1, -0.05) is 76.2 Å². The largest absolute Gasteiger partial charge is 0.488 e. The molecule has 1 aliphatic heterocycles. The molecule has 1 fully saturated rings. The Morgan fingerprint density at radius 3 is 2.20 bits per heavy atom. The van der Waals surface area contributed by atoms with Crippen LogP contribution in [-0.2, 0) is 26.0 Å². The molecule has 2 amide bonds. The summed E-state index contributed by atoms with van der Waals surface area (Å²) in [5.74, 6) is -0.150. The van der Waals surface area contributed by atoms with Crippen molar-refractivity contribution in [3.05, 3.63) is 100 Å². The van der Waals surface area contributed by atoms with E-state index in [0.29, 0.717) is 36.6 Å². The van der Waals surface area contributed by atoms with Gasteiger partial charge in [-0.2, -0.15) is 0 Å². The Labute approximate surface area is 300 Å². The fourth-order valence-electron chi connectivity index (χ4n) is 6.21. The number of hydroxylamine groups is 2. The van der Waals surface area contributed by atoms with Crippen LogP contribution in [0, 0.1) is 19.8 Å². The van der Waals surface area contributed by atoms with Gasteiger partial charge in [-0.05, 0) is 99.2 Å². The molecule has 270 valence electrons. The third-order valence-electron chi connectivity index (χ3n) is 9.86.